The van der Waals surface area contributed by atoms with Crippen LogP contribution in [0.2, 0.25) is 5.02 Å². The molecule has 24 heavy (non-hydrogen) atoms. The van der Waals surface area contributed by atoms with Gasteiger partial charge < -0.3 is 14.4 Å². The van der Waals surface area contributed by atoms with E-state index in [2.05, 4.69) is 10.2 Å². The maximum absolute atomic E-state index is 10.7. The van der Waals surface area contributed by atoms with E-state index < -0.39 is 5.97 Å². The number of aryl methyl sites for hydroxylation is 2. The molecule has 6 nitrogen and oxygen atoms in total. The molecule has 0 fully saturated rings. The highest BCUT2D eigenvalue weighted by Gasteiger charge is 2.19. The van der Waals surface area contributed by atoms with E-state index in [1.54, 1.807) is 0 Å². The molecule has 130 valence electrons. The number of hydrogen-bond donors (Lipinski definition) is 1. The van der Waals surface area contributed by atoms with Crippen LogP contribution in [0.5, 0.6) is 5.75 Å². The van der Waals surface area contributed by atoms with Crippen LogP contribution < -0.4 is 4.74 Å². The number of carboxylic acid groups (broad SMARTS) is 1. The summed E-state index contributed by atoms with van der Waals surface area (Å²) >= 11 is 7.33. The molecule has 0 radical (unpaired) electrons. The van der Waals surface area contributed by atoms with Crippen LogP contribution in [0.15, 0.2) is 17.3 Å². The molecule has 1 N–H and O–H groups in total. The summed E-state index contributed by atoms with van der Waals surface area (Å²) in [7, 11) is 0. The van der Waals surface area contributed by atoms with E-state index in [1.165, 1.54) is 0 Å². The summed E-state index contributed by atoms with van der Waals surface area (Å²) in [6.07, 6.45) is -0.323. The van der Waals surface area contributed by atoms with Gasteiger partial charge in [0.15, 0.2) is 17.1 Å². The number of aromatic nitrogens is 3. The first-order chi connectivity index (χ1) is 11.3. The fourth-order valence-corrected chi connectivity index (χ4v) is 3.20. The second-order valence-corrected chi connectivity index (χ2v) is 6.72. The number of thioether (sulfide) groups is 1. The van der Waals surface area contributed by atoms with E-state index in [-0.39, 0.29) is 11.9 Å². The summed E-state index contributed by atoms with van der Waals surface area (Å²) in [5.74, 6) is 0.440. The average molecular weight is 370 g/mol. The SMILES string of the molecule is CCn1c(SCC(=O)O)nnc1C(C)Oc1cc(C)c(Cl)c(C)c1. The van der Waals surface area contributed by atoms with Gasteiger partial charge in [-0.05, 0) is 51.0 Å². The molecule has 0 saturated heterocycles. The van der Waals surface area contributed by atoms with Gasteiger partial charge in [-0.2, -0.15) is 0 Å². The van der Waals surface area contributed by atoms with Gasteiger partial charge in [-0.1, -0.05) is 23.4 Å². The number of ether oxygens (including phenoxy) is 1. The molecule has 0 aliphatic rings. The Kier molecular flexibility index (Phi) is 6.12. The summed E-state index contributed by atoms with van der Waals surface area (Å²) in [5, 5.41) is 18.4. The van der Waals surface area contributed by atoms with Crippen LogP contribution in [0.4, 0.5) is 0 Å². The lowest BCUT2D eigenvalue weighted by atomic mass is 10.1. The van der Waals surface area contributed by atoms with E-state index in [0.29, 0.717) is 23.3 Å². The molecule has 2 aromatic rings. The molecule has 8 heteroatoms. The first-order valence-corrected chi connectivity index (χ1v) is 8.90. The number of hydrogen-bond acceptors (Lipinski definition) is 5. The van der Waals surface area contributed by atoms with Crippen LogP contribution in [0.1, 0.15) is 36.9 Å². The third-order valence-corrected chi connectivity index (χ3v) is 5.02. The minimum Gasteiger partial charge on any atom is -0.483 e. The quantitative estimate of drug-likeness (QED) is 0.746. The number of nitrogens with zero attached hydrogens (tertiary/aromatic N) is 3. The van der Waals surface area contributed by atoms with E-state index in [0.717, 1.165) is 27.9 Å². The Morgan fingerprint density at radius 1 is 1.38 bits per heavy atom. The van der Waals surface area contributed by atoms with Gasteiger partial charge in [-0.3, -0.25) is 4.79 Å². The van der Waals surface area contributed by atoms with Gasteiger partial charge in [-0.25, -0.2) is 0 Å². The molecule has 1 heterocycles. The highest BCUT2D eigenvalue weighted by Crippen LogP contribution is 2.29. The Labute approximate surface area is 150 Å². The topological polar surface area (TPSA) is 77.2 Å². The second-order valence-electron chi connectivity index (χ2n) is 5.40. The second kappa shape index (κ2) is 7.90. The average Bonchev–Trinajstić information content (AvgIpc) is 2.93. The first-order valence-electron chi connectivity index (χ1n) is 7.54. The van der Waals surface area contributed by atoms with Crippen molar-refractivity contribution in [3.63, 3.8) is 0 Å². The Balaban J connectivity index is 2.20. The molecular weight excluding hydrogens is 350 g/mol. The highest BCUT2D eigenvalue weighted by molar-refractivity contribution is 7.99. The van der Waals surface area contributed by atoms with Crippen molar-refractivity contribution in [2.24, 2.45) is 0 Å². The fourth-order valence-electron chi connectivity index (χ4n) is 2.36. The van der Waals surface area contributed by atoms with Gasteiger partial charge in [-0.15, -0.1) is 10.2 Å². The van der Waals surface area contributed by atoms with Crippen molar-refractivity contribution >= 4 is 29.3 Å². The molecule has 1 atom stereocenters. The number of benzene rings is 1. The van der Waals surface area contributed by atoms with E-state index in [1.807, 2.05) is 44.4 Å². The summed E-state index contributed by atoms with van der Waals surface area (Å²) < 4.78 is 7.86. The van der Waals surface area contributed by atoms with Gasteiger partial charge in [0.25, 0.3) is 0 Å². The lowest BCUT2D eigenvalue weighted by molar-refractivity contribution is -0.133. The van der Waals surface area contributed by atoms with Crippen LogP contribution in [0.25, 0.3) is 0 Å². The largest absolute Gasteiger partial charge is 0.483 e. The van der Waals surface area contributed by atoms with Gasteiger partial charge in [0.1, 0.15) is 5.75 Å². The minimum absolute atomic E-state index is 0.0526. The predicted molar refractivity (Wildman–Crippen MR) is 94.0 cm³/mol. The van der Waals surface area contributed by atoms with E-state index in [4.69, 9.17) is 21.4 Å². The number of carbonyl (C=O) groups is 1. The Hall–Kier alpha value is -1.73. The summed E-state index contributed by atoms with van der Waals surface area (Å²) in [6, 6.07) is 3.77. The van der Waals surface area contributed by atoms with E-state index >= 15 is 0 Å². The number of aliphatic carboxylic acids is 1. The highest BCUT2D eigenvalue weighted by atomic mass is 35.5. The number of rotatable bonds is 7. The van der Waals surface area contributed by atoms with Gasteiger partial charge in [0, 0.05) is 11.6 Å². The van der Waals surface area contributed by atoms with Crippen molar-refractivity contribution in [3.05, 3.63) is 34.1 Å². The molecule has 1 aromatic heterocycles. The molecule has 0 amide bonds. The monoisotopic (exact) mass is 369 g/mol. The van der Waals surface area contributed by atoms with Crippen molar-refractivity contribution in [1.82, 2.24) is 14.8 Å². The predicted octanol–water partition coefficient (Wildman–Crippen LogP) is 3.88. The van der Waals surface area contributed by atoms with Crippen LogP contribution in [0, 0.1) is 13.8 Å². The molecular formula is C16H20ClN3O3S. The number of halogens is 1. The zero-order chi connectivity index (χ0) is 17.9. The van der Waals surface area contributed by atoms with Crippen LogP contribution in [0.3, 0.4) is 0 Å². The first kappa shape index (κ1) is 18.6. The van der Waals surface area contributed by atoms with Gasteiger partial charge in [0.2, 0.25) is 0 Å². The Morgan fingerprint density at radius 2 is 2.00 bits per heavy atom. The number of carboxylic acids is 1. The summed E-state index contributed by atoms with van der Waals surface area (Å²) in [6.45, 7) is 8.35. The van der Waals surface area contributed by atoms with Crippen molar-refractivity contribution in [2.45, 2.75) is 45.5 Å². The normalized spacial score (nSPS) is 12.2. The summed E-state index contributed by atoms with van der Waals surface area (Å²) in [5.41, 5.74) is 1.90. The Bertz CT molecular complexity index is 725. The minimum atomic E-state index is -0.886. The molecule has 1 aromatic carbocycles. The molecule has 2 rings (SSSR count). The third-order valence-electron chi connectivity index (χ3n) is 3.47. The van der Waals surface area contributed by atoms with Crippen molar-refractivity contribution in [1.29, 1.82) is 0 Å². The maximum atomic E-state index is 10.7. The molecule has 0 saturated carbocycles. The molecule has 0 aliphatic heterocycles. The van der Waals surface area contributed by atoms with Crippen molar-refractivity contribution in [3.8, 4) is 5.75 Å². The fraction of sp³-hybridized carbons (Fsp3) is 0.438. The Morgan fingerprint density at radius 3 is 2.54 bits per heavy atom. The zero-order valence-corrected chi connectivity index (χ0v) is 15.6. The molecule has 0 spiro atoms. The lowest BCUT2D eigenvalue weighted by Crippen LogP contribution is -2.12. The third kappa shape index (κ3) is 4.21. The molecule has 1 unspecified atom stereocenters. The van der Waals surface area contributed by atoms with Crippen LogP contribution in [-0.4, -0.2) is 31.6 Å². The van der Waals surface area contributed by atoms with Crippen LogP contribution >= 0.6 is 23.4 Å². The summed E-state index contributed by atoms with van der Waals surface area (Å²) in [4.78, 5) is 10.7. The van der Waals surface area contributed by atoms with Gasteiger partial charge in [0.05, 0.1) is 5.75 Å². The van der Waals surface area contributed by atoms with E-state index in [9.17, 15) is 4.79 Å². The lowest BCUT2D eigenvalue weighted by Gasteiger charge is -2.17. The van der Waals surface area contributed by atoms with Gasteiger partial charge >= 0.3 is 5.97 Å². The maximum Gasteiger partial charge on any atom is 0.313 e. The standard InChI is InChI=1S/C16H20ClN3O3S/c1-5-20-15(18-19-16(20)24-8-13(21)22)11(4)23-12-6-9(2)14(17)10(3)7-12/h6-7,11H,5,8H2,1-4H3,(H,21,22). The molecule has 0 bridgehead atoms. The van der Waals surface area contributed by atoms with Crippen LogP contribution in [-0.2, 0) is 11.3 Å². The smallest absolute Gasteiger partial charge is 0.313 e. The van der Waals surface area contributed by atoms with Crippen molar-refractivity contribution < 1.29 is 14.6 Å². The zero-order valence-electron chi connectivity index (χ0n) is 14.0. The van der Waals surface area contributed by atoms with Crippen molar-refractivity contribution in [2.75, 3.05) is 5.75 Å². The molecule has 0 aliphatic carbocycles.